The Morgan fingerprint density at radius 1 is 1.28 bits per heavy atom. The summed E-state index contributed by atoms with van der Waals surface area (Å²) in [4.78, 5) is 12.2. The first-order valence-electron chi connectivity index (χ1n) is 7.95. The van der Waals surface area contributed by atoms with Crippen molar-refractivity contribution in [2.75, 3.05) is 6.61 Å². The van der Waals surface area contributed by atoms with E-state index in [9.17, 15) is 13.2 Å². The first-order chi connectivity index (χ1) is 11.9. The van der Waals surface area contributed by atoms with E-state index < -0.39 is 22.0 Å². The Bertz CT molecular complexity index is 882. The van der Waals surface area contributed by atoms with E-state index in [2.05, 4.69) is 0 Å². The third kappa shape index (κ3) is 3.32. The van der Waals surface area contributed by atoms with Gasteiger partial charge in [-0.2, -0.15) is 0 Å². The molecule has 1 aliphatic rings. The second-order valence-electron chi connectivity index (χ2n) is 5.76. The molecule has 132 valence electrons. The van der Waals surface area contributed by atoms with Crippen molar-refractivity contribution < 1.29 is 22.4 Å². The van der Waals surface area contributed by atoms with Gasteiger partial charge in [0.25, 0.3) is 10.0 Å². The zero-order valence-electron chi connectivity index (χ0n) is 14.0. The summed E-state index contributed by atoms with van der Waals surface area (Å²) < 4.78 is 37.7. The number of carbonyl (C=O) groups is 1. The van der Waals surface area contributed by atoms with E-state index in [1.165, 1.54) is 16.8 Å². The van der Waals surface area contributed by atoms with Crippen molar-refractivity contribution in [3.8, 4) is 0 Å². The number of carbonyl (C=O) groups excluding carboxylic acids is 1. The molecule has 0 fully saturated rings. The fraction of sp³-hybridized carbons (Fsp3) is 0.278. The van der Waals surface area contributed by atoms with Gasteiger partial charge in [-0.1, -0.05) is 17.7 Å². The minimum absolute atomic E-state index is 0.163. The number of nitrogens with zero attached hydrogens (tertiary/aromatic N) is 1. The van der Waals surface area contributed by atoms with Crippen molar-refractivity contribution in [3.05, 3.63) is 65.8 Å². The fourth-order valence-electron chi connectivity index (χ4n) is 2.73. The highest BCUT2D eigenvalue weighted by molar-refractivity contribution is 7.89. The minimum atomic E-state index is -3.82. The monoisotopic (exact) mass is 361 g/mol. The molecule has 2 aromatic rings. The van der Waals surface area contributed by atoms with Crippen molar-refractivity contribution in [1.29, 1.82) is 0 Å². The summed E-state index contributed by atoms with van der Waals surface area (Å²) in [6.07, 6.45) is 3.03. The molecular weight excluding hydrogens is 342 g/mol. The molecule has 6 nitrogen and oxygen atoms in total. The largest absolute Gasteiger partial charge is 0.467 e. The first-order valence-corrected chi connectivity index (χ1v) is 9.39. The number of rotatable bonds is 5. The Balaban J connectivity index is 2.01. The van der Waals surface area contributed by atoms with Crippen LogP contribution in [0.5, 0.6) is 0 Å². The number of sulfonamides is 1. The Morgan fingerprint density at radius 2 is 2.00 bits per heavy atom. The number of esters is 1. The minimum Gasteiger partial charge on any atom is -0.467 e. The molecule has 3 rings (SSSR count). The molecule has 0 radical (unpaired) electrons. The van der Waals surface area contributed by atoms with Crippen LogP contribution in [0.25, 0.3) is 0 Å². The molecule has 1 unspecified atom stereocenters. The Kier molecular flexibility index (Phi) is 4.67. The lowest BCUT2D eigenvalue weighted by Crippen LogP contribution is -2.27. The van der Waals surface area contributed by atoms with Crippen LogP contribution < -0.4 is 0 Å². The third-order valence-corrected chi connectivity index (χ3v) is 5.79. The molecule has 0 saturated carbocycles. The normalized spacial score (nSPS) is 17.4. The number of furan rings is 1. The molecule has 0 saturated heterocycles. The van der Waals surface area contributed by atoms with Gasteiger partial charge in [0.1, 0.15) is 11.8 Å². The van der Waals surface area contributed by atoms with Gasteiger partial charge in [-0.15, -0.1) is 0 Å². The Morgan fingerprint density at radius 3 is 2.60 bits per heavy atom. The average Bonchev–Trinajstić information content (AvgIpc) is 3.25. The van der Waals surface area contributed by atoms with Gasteiger partial charge in [0, 0.05) is 12.6 Å². The van der Waals surface area contributed by atoms with Crippen LogP contribution in [0.3, 0.4) is 0 Å². The van der Waals surface area contributed by atoms with E-state index in [-0.39, 0.29) is 17.9 Å². The molecule has 0 bridgehead atoms. The van der Waals surface area contributed by atoms with Gasteiger partial charge in [-0.05, 0) is 38.1 Å². The van der Waals surface area contributed by atoms with E-state index >= 15 is 0 Å². The highest BCUT2D eigenvalue weighted by atomic mass is 32.2. The van der Waals surface area contributed by atoms with E-state index in [0.29, 0.717) is 11.3 Å². The standard InChI is InChI=1S/C18H19NO5S/c1-3-23-18(20)14-11-16(17-5-4-10-24-17)19(12-14)25(21,22)15-8-6-13(2)7-9-15/h4-10,12,16H,3,11H2,1-2H3. The van der Waals surface area contributed by atoms with E-state index in [0.717, 1.165) is 5.56 Å². The molecule has 1 aromatic carbocycles. The summed E-state index contributed by atoms with van der Waals surface area (Å²) in [6, 6.07) is 9.36. The number of benzene rings is 1. The summed E-state index contributed by atoms with van der Waals surface area (Å²) in [5.74, 6) is -0.0353. The second kappa shape index (κ2) is 6.76. The highest BCUT2D eigenvalue weighted by Crippen LogP contribution is 2.39. The molecule has 7 heteroatoms. The van der Waals surface area contributed by atoms with Crippen molar-refractivity contribution >= 4 is 16.0 Å². The highest BCUT2D eigenvalue weighted by Gasteiger charge is 2.39. The number of hydrogen-bond acceptors (Lipinski definition) is 5. The topological polar surface area (TPSA) is 76.8 Å². The van der Waals surface area contributed by atoms with Crippen molar-refractivity contribution in [3.63, 3.8) is 0 Å². The average molecular weight is 361 g/mol. The van der Waals surface area contributed by atoms with Crippen LogP contribution in [0.4, 0.5) is 0 Å². The molecule has 0 spiro atoms. The molecule has 1 aromatic heterocycles. The smallest absolute Gasteiger partial charge is 0.335 e. The molecular formula is C18H19NO5S. The Labute approximate surface area is 146 Å². The molecule has 0 N–H and O–H groups in total. The van der Waals surface area contributed by atoms with E-state index in [4.69, 9.17) is 9.15 Å². The van der Waals surface area contributed by atoms with Gasteiger partial charge in [0.05, 0.1) is 23.3 Å². The van der Waals surface area contributed by atoms with Crippen molar-refractivity contribution in [1.82, 2.24) is 4.31 Å². The molecule has 1 atom stereocenters. The first kappa shape index (κ1) is 17.3. The van der Waals surface area contributed by atoms with Crippen LogP contribution in [0.1, 0.15) is 30.7 Å². The maximum absolute atomic E-state index is 13.1. The maximum atomic E-state index is 13.1. The Hall–Kier alpha value is -2.54. The van der Waals surface area contributed by atoms with Gasteiger partial charge in [-0.3, -0.25) is 4.31 Å². The van der Waals surface area contributed by atoms with Crippen LogP contribution in [0.2, 0.25) is 0 Å². The van der Waals surface area contributed by atoms with Gasteiger partial charge in [-0.25, -0.2) is 13.2 Å². The summed E-state index contributed by atoms with van der Waals surface area (Å²) in [6.45, 7) is 3.82. The number of ether oxygens (including phenoxy) is 1. The lowest BCUT2D eigenvalue weighted by molar-refractivity contribution is -0.138. The molecule has 0 aliphatic carbocycles. The summed E-state index contributed by atoms with van der Waals surface area (Å²) >= 11 is 0. The van der Waals surface area contributed by atoms with Crippen molar-refractivity contribution in [2.24, 2.45) is 0 Å². The third-order valence-electron chi connectivity index (χ3n) is 4.01. The molecule has 0 amide bonds. The van der Waals surface area contributed by atoms with Gasteiger partial charge < -0.3 is 9.15 Å². The second-order valence-corrected chi connectivity index (χ2v) is 7.60. The summed E-state index contributed by atoms with van der Waals surface area (Å²) in [7, 11) is -3.82. The van der Waals surface area contributed by atoms with Crippen LogP contribution >= 0.6 is 0 Å². The zero-order valence-corrected chi connectivity index (χ0v) is 14.8. The molecule has 25 heavy (non-hydrogen) atoms. The number of hydrogen-bond donors (Lipinski definition) is 0. The number of aryl methyl sites for hydroxylation is 1. The summed E-state index contributed by atoms with van der Waals surface area (Å²) in [5.41, 5.74) is 1.27. The van der Waals surface area contributed by atoms with E-state index in [1.54, 1.807) is 43.3 Å². The predicted octanol–water partition coefficient (Wildman–Crippen LogP) is 3.17. The molecule has 1 aliphatic heterocycles. The van der Waals surface area contributed by atoms with Gasteiger partial charge in [0.15, 0.2) is 0 Å². The van der Waals surface area contributed by atoms with Crippen molar-refractivity contribution in [2.45, 2.75) is 31.2 Å². The maximum Gasteiger partial charge on any atom is 0.335 e. The zero-order chi connectivity index (χ0) is 18.0. The van der Waals surface area contributed by atoms with Crippen LogP contribution in [0, 0.1) is 6.92 Å². The van der Waals surface area contributed by atoms with Gasteiger partial charge >= 0.3 is 5.97 Å². The van der Waals surface area contributed by atoms with Crippen LogP contribution in [0.15, 0.2) is 63.7 Å². The predicted molar refractivity (Wildman–Crippen MR) is 91.0 cm³/mol. The van der Waals surface area contributed by atoms with E-state index in [1.807, 2.05) is 6.92 Å². The van der Waals surface area contributed by atoms with Crippen LogP contribution in [-0.2, 0) is 19.6 Å². The fourth-order valence-corrected chi connectivity index (χ4v) is 4.23. The summed E-state index contributed by atoms with van der Waals surface area (Å²) in [5, 5.41) is 0. The molecule has 2 heterocycles. The van der Waals surface area contributed by atoms with Gasteiger partial charge in [0.2, 0.25) is 0 Å². The SMILES string of the molecule is CCOC(=O)C1=CN(S(=O)(=O)c2ccc(C)cc2)C(c2ccco2)C1. The quantitative estimate of drug-likeness (QED) is 0.765. The lowest BCUT2D eigenvalue weighted by atomic mass is 10.1. The lowest BCUT2D eigenvalue weighted by Gasteiger charge is -2.23. The van der Waals surface area contributed by atoms with Crippen LogP contribution in [-0.4, -0.2) is 25.3 Å².